The minimum absolute atomic E-state index is 0.188. The van der Waals surface area contributed by atoms with Crippen molar-refractivity contribution in [3.8, 4) is 22.8 Å². The normalized spacial score (nSPS) is 10.4. The van der Waals surface area contributed by atoms with Crippen LogP contribution in [0.25, 0.3) is 11.3 Å². The van der Waals surface area contributed by atoms with Gasteiger partial charge in [0.2, 0.25) is 11.8 Å². The van der Waals surface area contributed by atoms with Crippen LogP contribution < -0.4 is 25.7 Å². The first-order valence-corrected chi connectivity index (χ1v) is 10.4. The molecule has 0 unspecified atom stereocenters. The Balaban J connectivity index is 1.62. The zero-order chi connectivity index (χ0) is 23.8. The second-order valence-corrected chi connectivity index (χ2v) is 7.26. The van der Waals surface area contributed by atoms with Crippen LogP contribution in [0.4, 0.5) is 11.4 Å². The molecule has 0 fully saturated rings. The Hall–Kier alpha value is -4.14. The molecule has 2 N–H and O–H groups in total. The lowest BCUT2D eigenvalue weighted by atomic mass is 10.1. The molecule has 2 aromatic carbocycles. The number of hydrogen-bond donors (Lipinski definition) is 2. The van der Waals surface area contributed by atoms with Gasteiger partial charge < -0.3 is 20.1 Å². The highest BCUT2D eigenvalue weighted by molar-refractivity contribution is 5.93. The third-order valence-electron chi connectivity index (χ3n) is 4.79. The molecule has 0 bridgehead atoms. The summed E-state index contributed by atoms with van der Waals surface area (Å²) in [6, 6.07) is 15.4. The average Bonchev–Trinajstić information content (AvgIpc) is 2.79. The summed E-state index contributed by atoms with van der Waals surface area (Å²) in [5, 5.41) is 9.89. The van der Waals surface area contributed by atoms with Gasteiger partial charge in [0.25, 0.3) is 5.56 Å². The van der Waals surface area contributed by atoms with Crippen molar-refractivity contribution in [3.05, 3.63) is 65.0 Å². The van der Waals surface area contributed by atoms with E-state index in [1.807, 2.05) is 6.07 Å². The SMILES string of the molecule is COc1ccc(-c2ccc(=O)n(CCCC(=O)Nc3cccc(NC(C)=O)c3)n2)cc1OC. The van der Waals surface area contributed by atoms with Crippen LogP contribution in [-0.4, -0.2) is 35.8 Å². The number of aromatic nitrogens is 2. The summed E-state index contributed by atoms with van der Waals surface area (Å²) in [6.07, 6.45) is 0.637. The first-order valence-electron chi connectivity index (χ1n) is 10.4. The van der Waals surface area contributed by atoms with Gasteiger partial charge in [0.15, 0.2) is 11.5 Å². The minimum atomic E-state index is -0.248. The first-order chi connectivity index (χ1) is 15.9. The predicted octanol–water partition coefficient (Wildman–Crippen LogP) is 3.30. The molecule has 0 saturated heterocycles. The van der Waals surface area contributed by atoms with Crippen molar-refractivity contribution in [2.24, 2.45) is 0 Å². The van der Waals surface area contributed by atoms with E-state index in [0.29, 0.717) is 41.5 Å². The molecular weight excluding hydrogens is 424 g/mol. The molecule has 0 aliphatic carbocycles. The fraction of sp³-hybridized carbons (Fsp3) is 0.250. The van der Waals surface area contributed by atoms with Gasteiger partial charge in [0, 0.05) is 42.9 Å². The molecule has 3 aromatic rings. The summed E-state index contributed by atoms with van der Waals surface area (Å²) < 4.78 is 11.9. The smallest absolute Gasteiger partial charge is 0.266 e. The van der Waals surface area contributed by atoms with Crippen LogP contribution in [0.5, 0.6) is 11.5 Å². The molecule has 0 saturated carbocycles. The molecule has 0 radical (unpaired) electrons. The number of hydrogen-bond acceptors (Lipinski definition) is 6. The lowest BCUT2D eigenvalue weighted by molar-refractivity contribution is -0.116. The van der Waals surface area contributed by atoms with Crippen molar-refractivity contribution >= 4 is 23.2 Å². The van der Waals surface area contributed by atoms with Crippen molar-refractivity contribution in [2.45, 2.75) is 26.3 Å². The highest BCUT2D eigenvalue weighted by Crippen LogP contribution is 2.31. The van der Waals surface area contributed by atoms with Crippen molar-refractivity contribution < 1.29 is 19.1 Å². The highest BCUT2D eigenvalue weighted by atomic mass is 16.5. The van der Waals surface area contributed by atoms with Gasteiger partial charge in [-0.1, -0.05) is 6.07 Å². The third kappa shape index (κ3) is 6.42. The molecule has 2 amide bonds. The molecule has 0 aliphatic rings. The van der Waals surface area contributed by atoms with Crippen LogP contribution in [0, 0.1) is 0 Å². The van der Waals surface area contributed by atoms with Crippen LogP contribution >= 0.6 is 0 Å². The fourth-order valence-corrected chi connectivity index (χ4v) is 3.25. The average molecular weight is 450 g/mol. The molecule has 172 valence electrons. The van der Waals surface area contributed by atoms with Gasteiger partial charge in [0.1, 0.15) is 0 Å². The lowest BCUT2D eigenvalue weighted by Gasteiger charge is -2.11. The number of anilines is 2. The maximum Gasteiger partial charge on any atom is 0.266 e. The molecule has 9 nitrogen and oxygen atoms in total. The Morgan fingerprint density at radius 2 is 1.67 bits per heavy atom. The third-order valence-corrected chi connectivity index (χ3v) is 4.79. The van der Waals surface area contributed by atoms with Gasteiger partial charge in [-0.15, -0.1) is 0 Å². The summed E-state index contributed by atoms with van der Waals surface area (Å²) in [4.78, 5) is 35.7. The molecule has 33 heavy (non-hydrogen) atoms. The number of nitrogens with zero attached hydrogens (tertiary/aromatic N) is 2. The zero-order valence-corrected chi connectivity index (χ0v) is 18.8. The summed E-state index contributed by atoms with van der Waals surface area (Å²) in [7, 11) is 3.11. The Labute approximate surface area is 191 Å². The van der Waals surface area contributed by atoms with Crippen molar-refractivity contribution in [2.75, 3.05) is 24.9 Å². The molecule has 0 aliphatic heterocycles. The van der Waals surface area contributed by atoms with Gasteiger partial charge >= 0.3 is 0 Å². The van der Waals surface area contributed by atoms with Crippen molar-refractivity contribution in [1.82, 2.24) is 9.78 Å². The molecule has 3 rings (SSSR count). The minimum Gasteiger partial charge on any atom is -0.493 e. The fourth-order valence-electron chi connectivity index (χ4n) is 3.25. The van der Waals surface area contributed by atoms with E-state index >= 15 is 0 Å². The maximum atomic E-state index is 12.3. The van der Waals surface area contributed by atoms with Gasteiger partial charge in [-0.25, -0.2) is 4.68 Å². The lowest BCUT2D eigenvalue weighted by Crippen LogP contribution is -2.23. The van der Waals surface area contributed by atoms with Crippen molar-refractivity contribution in [1.29, 1.82) is 0 Å². The first kappa shape index (κ1) is 23.5. The number of aryl methyl sites for hydroxylation is 1. The van der Waals surface area contributed by atoms with Crippen LogP contribution in [0.3, 0.4) is 0 Å². The maximum absolute atomic E-state index is 12.3. The number of carbonyl (C=O) groups excluding carboxylic acids is 2. The molecular formula is C24H26N4O5. The Bertz CT molecular complexity index is 1210. The second-order valence-electron chi connectivity index (χ2n) is 7.26. The number of nitrogens with one attached hydrogen (secondary N) is 2. The van der Waals surface area contributed by atoms with E-state index in [2.05, 4.69) is 15.7 Å². The van der Waals surface area contributed by atoms with Gasteiger partial charge in [0.05, 0.1) is 19.9 Å². The van der Waals surface area contributed by atoms with E-state index in [1.165, 1.54) is 17.7 Å². The quantitative estimate of drug-likeness (QED) is 0.517. The van der Waals surface area contributed by atoms with E-state index in [0.717, 1.165) is 5.56 Å². The van der Waals surface area contributed by atoms with Gasteiger partial charge in [-0.05, 0) is 48.9 Å². The molecule has 1 aromatic heterocycles. The van der Waals surface area contributed by atoms with E-state index in [9.17, 15) is 14.4 Å². The van der Waals surface area contributed by atoms with Crippen LogP contribution in [-0.2, 0) is 16.1 Å². The summed E-state index contributed by atoms with van der Waals surface area (Å²) in [6.45, 7) is 1.71. The Kier molecular flexibility index (Phi) is 7.80. The summed E-state index contributed by atoms with van der Waals surface area (Å²) in [5.41, 5.74) is 2.32. The number of benzene rings is 2. The van der Waals surface area contributed by atoms with Crippen molar-refractivity contribution in [3.63, 3.8) is 0 Å². The number of rotatable bonds is 9. The highest BCUT2D eigenvalue weighted by Gasteiger charge is 2.10. The largest absolute Gasteiger partial charge is 0.493 e. The summed E-state index contributed by atoms with van der Waals surface area (Å²) >= 11 is 0. The van der Waals surface area contributed by atoms with E-state index in [-0.39, 0.29) is 23.8 Å². The molecule has 1 heterocycles. The number of methoxy groups -OCH3 is 2. The number of ether oxygens (including phenoxy) is 2. The molecule has 9 heteroatoms. The van der Waals surface area contributed by atoms with Gasteiger partial charge in [-0.3, -0.25) is 14.4 Å². The second kappa shape index (κ2) is 10.9. The van der Waals surface area contributed by atoms with E-state index in [1.54, 1.807) is 56.7 Å². The standard InChI is InChI=1S/C24H26N4O5/c1-16(29)25-18-6-4-7-19(15-18)26-23(30)8-5-13-28-24(31)12-10-20(27-28)17-9-11-21(32-2)22(14-17)33-3/h4,6-7,9-12,14-15H,5,8,13H2,1-3H3,(H,25,29)(H,26,30). The Morgan fingerprint density at radius 3 is 2.36 bits per heavy atom. The molecule has 0 spiro atoms. The van der Waals surface area contributed by atoms with E-state index < -0.39 is 0 Å². The molecule has 0 atom stereocenters. The number of carbonyl (C=O) groups is 2. The monoisotopic (exact) mass is 450 g/mol. The Morgan fingerprint density at radius 1 is 0.939 bits per heavy atom. The predicted molar refractivity (Wildman–Crippen MR) is 126 cm³/mol. The van der Waals surface area contributed by atoms with Crippen LogP contribution in [0.2, 0.25) is 0 Å². The summed E-state index contributed by atoms with van der Waals surface area (Å²) in [5.74, 6) is 0.780. The topological polar surface area (TPSA) is 112 Å². The zero-order valence-electron chi connectivity index (χ0n) is 18.8. The number of amides is 2. The van der Waals surface area contributed by atoms with Crippen LogP contribution in [0.1, 0.15) is 19.8 Å². The van der Waals surface area contributed by atoms with Gasteiger partial charge in [-0.2, -0.15) is 5.10 Å². The van der Waals surface area contributed by atoms with E-state index in [4.69, 9.17) is 9.47 Å². The van der Waals surface area contributed by atoms with Crippen LogP contribution in [0.15, 0.2) is 59.4 Å².